The van der Waals surface area contributed by atoms with Gasteiger partial charge in [0.15, 0.2) is 11.5 Å². The van der Waals surface area contributed by atoms with Gasteiger partial charge in [-0.05, 0) is 34.9 Å². The lowest BCUT2D eigenvalue weighted by molar-refractivity contribution is -0.110. The van der Waals surface area contributed by atoms with E-state index in [-0.39, 0.29) is 5.91 Å². The molecular weight excluding hydrogens is 462 g/mol. The molecule has 0 radical (unpaired) electrons. The van der Waals surface area contributed by atoms with E-state index in [2.05, 4.69) is 40.2 Å². The van der Waals surface area contributed by atoms with Gasteiger partial charge in [-0.3, -0.25) is 4.79 Å². The van der Waals surface area contributed by atoms with Gasteiger partial charge in [0.1, 0.15) is 0 Å². The zero-order valence-corrected chi connectivity index (χ0v) is 20.9. The number of ether oxygens (including phenoxy) is 2. The van der Waals surface area contributed by atoms with E-state index in [0.29, 0.717) is 22.8 Å². The van der Waals surface area contributed by atoms with Crippen LogP contribution < -0.4 is 25.4 Å². The summed E-state index contributed by atoms with van der Waals surface area (Å²) in [6, 6.07) is 32.1. The number of amides is 1. The highest BCUT2D eigenvalue weighted by Gasteiger charge is 2.30. The van der Waals surface area contributed by atoms with Crippen LogP contribution in [0.2, 0.25) is 0 Å². The normalized spacial score (nSPS) is 13.5. The van der Waals surface area contributed by atoms with Crippen molar-refractivity contribution in [2.24, 2.45) is 0 Å². The van der Waals surface area contributed by atoms with Crippen LogP contribution in [0.1, 0.15) is 22.3 Å². The first kappa shape index (κ1) is 24.2. The monoisotopic (exact) mass is 491 g/mol. The number of carbonyl (C=O) groups excluding carboxylic acids is 1. The maximum atomic E-state index is 13.2. The van der Waals surface area contributed by atoms with Gasteiger partial charge in [-0.1, -0.05) is 72.8 Å². The minimum Gasteiger partial charge on any atom is -0.493 e. The highest BCUT2D eigenvalue weighted by atomic mass is 16.5. The third-order valence-electron chi connectivity index (χ3n) is 6.31. The molecule has 6 heteroatoms. The summed E-state index contributed by atoms with van der Waals surface area (Å²) in [6.45, 7) is 1.58. The lowest BCUT2D eigenvalue weighted by atomic mass is 9.99. The summed E-state index contributed by atoms with van der Waals surface area (Å²) in [5.74, 6) is 0.946. The topological polar surface area (TPSA) is 71.6 Å². The van der Waals surface area contributed by atoms with Crippen LogP contribution >= 0.6 is 0 Å². The molecule has 1 amide bonds. The second-order valence-electron chi connectivity index (χ2n) is 8.73. The Morgan fingerprint density at radius 3 is 2.00 bits per heavy atom. The highest BCUT2D eigenvalue weighted by molar-refractivity contribution is 6.37. The second kappa shape index (κ2) is 11.0. The fourth-order valence-corrected chi connectivity index (χ4v) is 4.43. The van der Waals surface area contributed by atoms with Gasteiger partial charge in [0.2, 0.25) is 0 Å². The predicted molar refractivity (Wildman–Crippen MR) is 148 cm³/mol. The Hall–Kier alpha value is -4.55. The largest absolute Gasteiger partial charge is 0.493 e. The molecule has 1 aliphatic heterocycles. The Bertz CT molecular complexity index is 1420. The van der Waals surface area contributed by atoms with Crippen LogP contribution in [0.5, 0.6) is 11.5 Å². The summed E-state index contributed by atoms with van der Waals surface area (Å²) in [7, 11) is 3.17. The maximum Gasteiger partial charge on any atom is 0.258 e. The molecule has 4 aromatic carbocycles. The summed E-state index contributed by atoms with van der Waals surface area (Å²) < 4.78 is 10.9. The summed E-state index contributed by atoms with van der Waals surface area (Å²) >= 11 is 0. The number of fused-ring (bicyclic) bond motifs is 1. The molecule has 0 unspecified atom stereocenters. The van der Waals surface area contributed by atoms with Gasteiger partial charge in [-0.25, -0.2) is 0 Å². The summed E-state index contributed by atoms with van der Waals surface area (Å²) in [5, 5.41) is 9.97. The highest BCUT2D eigenvalue weighted by Crippen LogP contribution is 2.43. The molecule has 1 heterocycles. The van der Waals surface area contributed by atoms with Crippen molar-refractivity contribution in [3.63, 3.8) is 0 Å². The number of benzene rings is 4. The maximum absolute atomic E-state index is 13.2. The van der Waals surface area contributed by atoms with Crippen LogP contribution in [0, 0.1) is 0 Å². The van der Waals surface area contributed by atoms with Crippen LogP contribution in [0.3, 0.4) is 0 Å². The Labute approximate surface area is 217 Å². The molecule has 4 aromatic rings. The van der Waals surface area contributed by atoms with E-state index in [0.717, 1.165) is 35.6 Å². The van der Waals surface area contributed by atoms with Gasteiger partial charge in [0, 0.05) is 30.4 Å². The molecule has 0 saturated heterocycles. The van der Waals surface area contributed by atoms with Crippen molar-refractivity contribution in [3.8, 4) is 11.5 Å². The zero-order valence-electron chi connectivity index (χ0n) is 20.9. The first-order valence-corrected chi connectivity index (χ1v) is 12.1. The average molecular weight is 492 g/mol. The zero-order chi connectivity index (χ0) is 25.6. The summed E-state index contributed by atoms with van der Waals surface area (Å²) in [6.07, 6.45) is 0. The number of hydrogen-bond donors (Lipinski definition) is 3. The van der Waals surface area contributed by atoms with Crippen LogP contribution in [0.4, 0.5) is 11.4 Å². The van der Waals surface area contributed by atoms with Crippen LogP contribution in [0.15, 0.2) is 97.1 Å². The van der Waals surface area contributed by atoms with E-state index >= 15 is 0 Å². The number of nitrogens with one attached hydrogen (secondary N) is 3. The molecule has 0 aliphatic carbocycles. The first-order chi connectivity index (χ1) is 18.2. The number of anilines is 2. The fourth-order valence-electron chi connectivity index (χ4n) is 4.43. The minimum absolute atomic E-state index is 0.182. The number of rotatable bonds is 9. The molecule has 0 fully saturated rings. The Morgan fingerprint density at radius 2 is 1.35 bits per heavy atom. The van der Waals surface area contributed by atoms with Crippen molar-refractivity contribution in [2.75, 3.05) is 24.9 Å². The van der Waals surface area contributed by atoms with Crippen molar-refractivity contribution in [3.05, 3.63) is 119 Å². The molecular formula is C31H29N3O3. The quantitative estimate of drug-likeness (QED) is 0.253. The molecule has 5 rings (SSSR count). The van der Waals surface area contributed by atoms with E-state index in [1.165, 1.54) is 11.1 Å². The van der Waals surface area contributed by atoms with Crippen molar-refractivity contribution >= 4 is 28.6 Å². The minimum atomic E-state index is -0.182. The molecule has 6 nitrogen and oxygen atoms in total. The molecule has 0 aromatic heterocycles. The first-order valence-electron chi connectivity index (χ1n) is 12.1. The van der Waals surface area contributed by atoms with Gasteiger partial charge in [-0.15, -0.1) is 0 Å². The average Bonchev–Trinajstić information content (AvgIpc) is 3.27. The SMILES string of the molecule is COc1cc2c(cc1OC)C(=C(Nc1ccc(CNCc3ccccc3)cc1)c1ccccc1)C(=O)N2. The molecule has 0 saturated carbocycles. The van der Waals surface area contributed by atoms with E-state index < -0.39 is 0 Å². The smallest absolute Gasteiger partial charge is 0.258 e. The molecule has 0 bridgehead atoms. The van der Waals surface area contributed by atoms with E-state index in [4.69, 9.17) is 9.47 Å². The molecule has 0 spiro atoms. The van der Waals surface area contributed by atoms with E-state index in [1.807, 2.05) is 66.7 Å². The number of hydrogen-bond acceptors (Lipinski definition) is 5. The Kier molecular flexibility index (Phi) is 7.19. The van der Waals surface area contributed by atoms with Crippen molar-refractivity contribution in [1.82, 2.24) is 5.32 Å². The fraction of sp³-hybridized carbons (Fsp3) is 0.129. The van der Waals surface area contributed by atoms with Gasteiger partial charge >= 0.3 is 0 Å². The lowest BCUT2D eigenvalue weighted by Crippen LogP contribution is -2.12. The van der Waals surface area contributed by atoms with Crippen molar-refractivity contribution in [1.29, 1.82) is 0 Å². The third kappa shape index (κ3) is 5.34. The van der Waals surface area contributed by atoms with Gasteiger partial charge in [0.05, 0.1) is 31.2 Å². The second-order valence-corrected chi connectivity index (χ2v) is 8.73. The number of carbonyl (C=O) groups is 1. The summed E-state index contributed by atoms with van der Waals surface area (Å²) in [5.41, 5.74) is 6.95. The summed E-state index contributed by atoms with van der Waals surface area (Å²) in [4.78, 5) is 13.2. The molecule has 1 aliphatic rings. The van der Waals surface area contributed by atoms with Crippen LogP contribution in [-0.2, 0) is 17.9 Å². The van der Waals surface area contributed by atoms with Gasteiger partial charge < -0.3 is 25.4 Å². The van der Waals surface area contributed by atoms with E-state index in [9.17, 15) is 4.79 Å². The third-order valence-corrected chi connectivity index (χ3v) is 6.31. The van der Waals surface area contributed by atoms with Crippen LogP contribution in [0.25, 0.3) is 11.3 Å². The van der Waals surface area contributed by atoms with Gasteiger partial charge in [0.25, 0.3) is 5.91 Å². The number of methoxy groups -OCH3 is 2. The molecule has 186 valence electrons. The van der Waals surface area contributed by atoms with E-state index in [1.54, 1.807) is 20.3 Å². The Balaban J connectivity index is 1.43. The Morgan fingerprint density at radius 1 is 0.757 bits per heavy atom. The van der Waals surface area contributed by atoms with Crippen molar-refractivity contribution in [2.45, 2.75) is 13.1 Å². The molecule has 37 heavy (non-hydrogen) atoms. The van der Waals surface area contributed by atoms with Gasteiger partial charge in [-0.2, -0.15) is 0 Å². The van der Waals surface area contributed by atoms with Crippen LogP contribution in [-0.4, -0.2) is 20.1 Å². The lowest BCUT2D eigenvalue weighted by Gasteiger charge is -2.16. The molecule has 0 atom stereocenters. The molecule has 3 N–H and O–H groups in total. The standard InChI is InChI=1S/C31H29N3O3/c1-36-27-17-25-26(18-28(27)37-2)34-31(35)29(25)30(23-11-7-4-8-12-23)33-24-15-13-22(14-16-24)20-32-19-21-9-5-3-6-10-21/h3-18,32-33H,19-20H2,1-2H3,(H,34,35). The predicted octanol–water partition coefficient (Wildman–Crippen LogP) is 5.93. The van der Waals surface area contributed by atoms with Crippen molar-refractivity contribution < 1.29 is 14.3 Å².